The molecule has 5 aliphatic heterocycles. The molecule has 0 unspecified atom stereocenters. The van der Waals surface area contributed by atoms with E-state index in [2.05, 4.69) is 32.0 Å². The normalized spacial score (nSPS) is 46.9. The second-order valence-electron chi connectivity index (χ2n) is 17.4. The first-order valence-electron chi connectivity index (χ1n) is 20.7. The van der Waals surface area contributed by atoms with Crippen molar-refractivity contribution in [2.75, 3.05) is 13.7 Å². The lowest BCUT2D eigenvalue weighted by molar-refractivity contribution is -0.342. The molecule has 14 atom stereocenters. The third-order valence-electron chi connectivity index (χ3n) is 13.6. The molecule has 12 heteroatoms. The van der Waals surface area contributed by atoms with Crippen molar-refractivity contribution in [3.8, 4) is 0 Å². The highest BCUT2D eigenvalue weighted by Gasteiger charge is 2.60. The molecule has 1 spiro atoms. The highest BCUT2D eigenvalue weighted by atomic mass is 16.7. The van der Waals surface area contributed by atoms with Crippen molar-refractivity contribution in [3.63, 3.8) is 0 Å². The molecule has 2 aliphatic carbocycles. The average Bonchev–Trinajstić information content (AvgIpc) is 3.50. The maximum atomic E-state index is 14.4. The van der Waals surface area contributed by atoms with E-state index in [4.69, 9.17) is 33.2 Å². The summed E-state index contributed by atoms with van der Waals surface area (Å²) < 4.78 is 45.1. The molecule has 7 aliphatic rings. The van der Waals surface area contributed by atoms with Crippen LogP contribution in [0.5, 0.6) is 0 Å². The van der Waals surface area contributed by atoms with Crippen LogP contribution in [0.3, 0.4) is 0 Å². The van der Waals surface area contributed by atoms with Gasteiger partial charge in [0, 0.05) is 38.7 Å². The number of ether oxygens (including phenoxy) is 7. The second-order valence-corrected chi connectivity index (χ2v) is 17.4. The third-order valence-corrected chi connectivity index (χ3v) is 13.6. The van der Waals surface area contributed by atoms with Crippen molar-refractivity contribution in [1.82, 2.24) is 0 Å². The van der Waals surface area contributed by atoms with Gasteiger partial charge in [-0.1, -0.05) is 68.6 Å². The van der Waals surface area contributed by atoms with E-state index in [1.807, 2.05) is 19.1 Å². The molecule has 3 N–H and O–H groups in total. The summed E-state index contributed by atoms with van der Waals surface area (Å²) in [6.45, 7) is 10.0. The first kappa shape index (κ1) is 40.8. The number of carbonyl (C=O) groups excluding carboxylic acids is 1. The molecule has 0 aromatic rings. The fourth-order valence-electron chi connectivity index (χ4n) is 10.4. The molecule has 5 heterocycles. The van der Waals surface area contributed by atoms with Gasteiger partial charge in [-0.15, -0.1) is 0 Å². The van der Waals surface area contributed by atoms with Crippen molar-refractivity contribution in [3.05, 3.63) is 47.1 Å². The van der Waals surface area contributed by atoms with Crippen LogP contribution in [-0.4, -0.2) is 107 Å². The molecule has 0 aromatic carbocycles. The Morgan fingerprint density at radius 2 is 1.80 bits per heavy atom. The minimum absolute atomic E-state index is 0.0359. The number of aliphatic hydroxyl groups excluding tert-OH is 1. The Morgan fingerprint density at radius 3 is 2.55 bits per heavy atom. The molecule has 5 fully saturated rings. The van der Waals surface area contributed by atoms with E-state index in [1.165, 1.54) is 19.3 Å². The molecule has 7 rings (SSSR count). The Labute approximate surface area is 325 Å². The van der Waals surface area contributed by atoms with Crippen LogP contribution in [0.25, 0.3) is 0 Å². The average molecular weight is 770 g/mol. The molecule has 2 bridgehead atoms. The van der Waals surface area contributed by atoms with Gasteiger partial charge in [-0.3, -0.25) is 4.79 Å². The van der Waals surface area contributed by atoms with Crippen molar-refractivity contribution < 1.29 is 53.4 Å². The molecule has 0 aromatic heterocycles. The Morgan fingerprint density at radius 1 is 1.02 bits per heavy atom. The lowest BCUT2D eigenvalue weighted by atomic mass is 9.71. The molecular weight excluding hydrogens is 706 g/mol. The van der Waals surface area contributed by atoms with E-state index in [0.717, 1.165) is 24.8 Å². The van der Waals surface area contributed by atoms with E-state index < -0.39 is 66.2 Å². The number of carbonyl (C=O) groups is 1. The lowest BCUT2D eigenvalue weighted by Crippen LogP contribution is -2.57. The number of esters is 1. The summed E-state index contributed by atoms with van der Waals surface area (Å²) in [4.78, 5) is 14.4. The zero-order valence-electron chi connectivity index (χ0n) is 33.4. The number of oxime groups is 1. The van der Waals surface area contributed by atoms with Crippen molar-refractivity contribution in [1.29, 1.82) is 0 Å². The maximum Gasteiger partial charge on any atom is 0.316 e. The van der Waals surface area contributed by atoms with Gasteiger partial charge in [0.05, 0.1) is 37.1 Å². The van der Waals surface area contributed by atoms with Gasteiger partial charge in [-0.05, 0) is 75.0 Å². The van der Waals surface area contributed by atoms with Gasteiger partial charge >= 0.3 is 5.97 Å². The highest BCUT2D eigenvalue weighted by Crippen LogP contribution is 2.48. The monoisotopic (exact) mass is 769 g/mol. The maximum absolute atomic E-state index is 14.4. The smallest absolute Gasteiger partial charge is 0.316 e. The van der Waals surface area contributed by atoms with Crippen LogP contribution in [0.15, 0.2) is 52.3 Å². The summed E-state index contributed by atoms with van der Waals surface area (Å²) in [7, 11) is 1.59. The fourth-order valence-corrected chi connectivity index (χ4v) is 10.4. The van der Waals surface area contributed by atoms with E-state index in [1.54, 1.807) is 26.2 Å². The van der Waals surface area contributed by atoms with E-state index >= 15 is 0 Å². The van der Waals surface area contributed by atoms with E-state index in [-0.39, 0.29) is 30.4 Å². The van der Waals surface area contributed by atoms with E-state index in [9.17, 15) is 20.2 Å². The first-order valence-corrected chi connectivity index (χ1v) is 20.7. The molecule has 306 valence electrons. The van der Waals surface area contributed by atoms with Gasteiger partial charge in [-0.25, -0.2) is 0 Å². The van der Waals surface area contributed by atoms with Crippen molar-refractivity contribution in [2.24, 2.45) is 28.8 Å². The predicted molar refractivity (Wildman–Crippen MR) is 203 cm³/mol. The van der Waals surface area contributed by atoms with Crippen LogP contribution in [0.1, 0.15) is 105 Å². The standard InChI is InChI=1S/C43H63NO11/c1-24-11-10-14-30-23-50-40-36(44-48)27(4)19-33(43(30,40)47)41(46)52-32-20-31(16-15-25(2)38(24)53-35-21-34(49-6)37(45)28(5)51-35)54-42(22-32)18-17-26(3)39(55-42)29-12-8-7-9-13-29/h10-11,14-15,19,24,26,28-29,31-35,37-40,45,47-48H,7-9,12-13,16-18,20-23H2,1-6H3/b11-10+,25-15?,30-14-,44-36?/t24-,26-,28-,31+,32-,33-,34-,35-,37-,38-,39-,40+,42+,43+/m0/s1. The van der Waals surface area contributed by atoms with Gasteiger partial charge in [-0.2, -0.15) is 0 Å². The van der Waals surface area contributed by atoms with E-state index in [0.29, 0.717) is 55.1 Å². The summed E-state index contributed by atoms with van der Waals surface area (Å²) in [6.07, 6.45) is 14.4. The summed E-state index contributed by atoms with van der Waals surface area (Å²) >= 11 is 0. The number of allylic oxidation sites excluding steroid dienone is 2. The van der Waals surface area contributed by atoms with Crippen LogP contribution in [0, 0.1) is 23.7 Å². The van der Waals surface area contributed by atoms with Crippen LogP contribution < -0.4 is 0 Å². The number of methoxy groups -OCH3 is 1. The highest BCUT2D eigenvalue weighted by molar-refractivity contribution is 6.06. The lowest BCUT2D eigenvalue weighted by Gasteiger charge is -2.51. The largest absolute Gasteiger partial charge is 0.462 e. The summed E-state index contributed by atoms with van der Waals surface area (Å²) in [5.41, 5.74) is 0.362. The van der Waals surface area contributed by atoms with Gasteiger partial charge in [0.2, 0.25) is 0 Å². The topological polar surface area (TPSA) is 155 Å². The number of hydrogen-bond donors (Lipinski definition) is 3. The Hall–Kier alpha value is -2.42. The summed E-state index contributed by atoms with van der Waals surface area (Å²) in [6, 6.07) is 0. The zero-order valence-corrected chi connectivity index (χ0v) is 33.4. The van der Waals surface area contributed by atoms with Crippen LogP contribution >= 0.6 is 0 Å². The third kappa shape index (κ3) is 8.17. The minimum Gasteiger partial charge on any atom is -0.462 e. The number of hydrogen-bond acceptors (Lipinski definition) is 12. The molecule has 12 nitrogen and oxygen atoms in total. The molecule has 0 radical (unpaired) electrons. The van der Waals surface area contributed by atoms with Crippen molar-refractivity contribution in [2.45, 2.75) is 172 Å². The first-order chi connectivity index (χ1) is 26.4. The quantitative estimate of drug-likeness (QED) is 0.132. The number of rotatable bonds is 4. The minimum atomic E-state index is -1.83. The van der Waals surface area contributed by atoms with Gasteiger partial charge < -0.3 is 48.6 Å². The molecule has 4 saturated heterocycles. The predicted octanol–water partition coefficient (Wildman–Crippen LogP) is 6.07. The van der Waals surface area contributed by atoms with Crippen LogP contribution in [-0.2, 0) is 38.0 Å². The van der Waals surface area contributed by atoms with Crippen LogP contribution in [0.2, 0.25) is 0 Å². The number of fused-ring (bicyclic) bond motifs is 2. The molecule has 0 amide bonds. The summed E-state index contributed by atoms with van der Waals surface area (Å²) in [5, 5.41) is 36.7. The molecule has 1 saturated carbocycles. The fraction of sp³-hybridized carbons (Fsp3) is 0.767. The number of nitrogens with zero attached hydrogens (tertiary/aromatic N) is 1. The van der Waals surface area contributed by atoms with Gasteiger partial charge in [0.25, 0.3) is 0 Å². The van der Waals surface area contributed by atoms with Gasteiger partial charge in [0.1, 0.15) is 35.5 Å². The Kier molecular flexibility index (Phi) is 12.5. The molecule has 55 heavy (non-hydrogen) atoms. The molecular formula is C43H63NO11. The number of aliphatic hydroxyl groups is 2. The van der Waals surface area contributed by atoms with Crippen molar-refractivity contribution >= 4 is 11.7 Å². The zero-order chi connectivity index (χ0) is 39.1. The van der Waals surface area contributed by atoms with Crippen LogP contribution in [0.4, 0.5) is 0 Å². The summed E-state index contributed by atoms with van der Waals surface area (Å²) in [5.74, 6) is -1.83. The SMILES string of the molecule is CO[C@H]1C[C@H](O[C@@H]2C(C)=CC[C@@H]3C[C@@H](C[C@]4(CC[C@H](C)[C@@H](C5CCCCC5)O4)O3)OC(=O)[C@@H]3C=C(C)C(=NO)[C@H]4OC/C(=C/C=C/[C@@H]2C)[C@]43O)O[C@@H](C)[C@@H]1O. The Bertz CT molecular complexity index is 1550. The second kappa shape index (κ2) is 16.8. The Balaban J connectivity index is 1.25. The van der Waals surface area contributed by atoms with Gasteiger partial charge in [0.15, 0.2) is 12.1 Å².